The van der Waals surface area contributed by atoms with Crippen LogP contribution in [0.4, 0.5) is 0 Å². The van der Waals surface area contributed by atoms with Crippen molar-refractivity contribution < 1.29 is 31.7 Å². The van der Waals surface area contributed by atoms with Crippen molar-refractivity contribution in [2.75, 3.05) is 0 Å². The molecule has 0 radical (unpaired) electrons. The van der Waals surface area contributed by atoms with E-state index in [4.69, 9.17) is 19.2 Å². The standard InChI is InChI=1S/ClH.H3O4P/c;1-5(2,3)4/h1H;(H3,1,2,3,4)/p-4. The Morgan fingerprint density at radius 3 is 1.17 bits per heavy atom. The van der Waals surface area contributed by atoms with Gasteiger partial charge < -0.3 is 31.7 Å². The summed E-state index contributed by atoms with van der Waals surface area (Å²) in [4.78, 5) is 25.6. The van der Waals surface area contributed by atoms with Crippen molar-refractivity contribution in [1.82, 2.24) is 0 Å². The minimum atomic E-state index is -5.39. The number of halogens is 1. The molecule has 0 atom stereocenters. The third-order valence-corrected chi connectivity index (χ3v) is 0. The normalized spacial score (nSPS) is 9.83. The molecular weight excluding hydrogens is 130 g/mol. The van der Waals surface area contributed by atoms with Gasteiger partial charge >= 0.3 is 0 Å². The van der Waals surface area contributed by atoms with Gasteiger partial charge in [-0.05, 0) is 0 Å². The summed E-state index contributed by atoms with van der Waals surface area (Å²) in [5.74, 6) is 0. The van der Waals surface area contributed by atoms with Crippen LogP contribution in [0.15, 0.2) is 0 Å². The van der Waals surface area contributed by atoms with Gasteiger partial charge in [0.1, 0.15) is 0 Å². The van der Waals surface area contributed by atoms with E-state index < -0.39 is 7.82 Å². The van der Waals surface area contributed by atoms with Crippen molar-refractivity contribution in [2.45, 2.75) is 0 Å². The molecule has 0 heterocycles. The highest BCUT2D eigenvalue weighted by Crippen LogP contribution is 2.03. The molecule has 4 nitrogen and oxygen atoms in total. The second-order valence-electron chi connectivity index (χ2n) is 0.447. The summed E-state index contributed by atoms with van der Waals surface area (Å²) in [7, 11) is -5.39. The van der Waals surface area contributed by atoms with Gasteiger partial charge in [-0.15, -0.1) is 0 Å². The summed E-state index contributed by atoms with van der Waals surface area (Å²) >= 11 is 0. The van der Waals surface area contributed by atoms with Gasteiger partial charge in [0.25, 0.3) is 0 Å². The maximum Gasteiger partial charge on any atom is -0.159 e. The molecule has 0 rings (SSSR count). The van der Waals surface area contributed by atoms with E-state index >= 15 is 0 Å². The average molecular weight is 130 g/mol. The SMILES string of the molecule is O=P([O-])([O-])[O-].[Cl-]. The lowest BCUT2D eigenvalue weighted by atomic mass is 15.8. The van der Waals surface area contributed by atoms with Gasteiger partial charge in [-0.1, -0.05) is 0 Å². The first-order chi connectivity index (χ1) is 2.00. The van der Waals surface area contributed by atoms with Gasteiger partial charge in [-0.2, -0.15) is 7.82 Å². The Bertz CT molecular complexity index is 53.7. The van der Waals surface area contributed by atoms with Crippen molar-refractivity contribution in [1.29, 1.82) is 0 Å². The van der Waals surface area contributed by atoms with Crippen molar-refractivity contribution in [2.24, 2.45) is 0 Å². The molecule has 0 bridgehead atoms. The second-order valence-corrected chi connectivity index (χ2v) is 1.34. The van der Waals surface area contributed by atoms with Crippen LogP contribution >= 0.6 is 7.82 Å². The molecule has 0 spiro atoms. The number of hydrogen-bond acceptors (Lipinski definition) is 4. The average Bonchev–Trinajstić information content (AvgIpc) is 0.722. The van der Waals surface area contributed by atoms with E-state index in [0.29, 0.717) is 0 Å². The van der Waals surface area contributed by atoms with Crippen LogP contribution in [-0.4, -0.2) is 0 Å². The topological polar surface area (TPSA) is 86.2 Å². The molecule has 6 heavy (non-hydrogen) atoms. The molecule has 0 aromatic rings. The van der Waals surface area contributed by atoms with Crippen LogP contribution in [0, 0.1) is 0 Å². The predicted octanol–water partition coefficient (Wildman–Crippen LogP) is -5.82. The molecule has 0 N–H and O–H groups in total. The first kappa shape index (κ1) is 9.64. The van der Waals surface area contributed by atoms with Crippen molar-refractivity contribution in [3.63, 3.8) is 0 Å². The Kier molecular flexibility index (Phi) is 4.10. The Hall–Kier alpha value is 0.400. The third kappa shape index (κ3) is 318. The first-order valence-electron chi connectivity index (χ1n) is 0.730. The maximum absolute atomic E-state index is 8.55. The quantitative estimate of drug-likeness (QED) is 0.306. The van der Waals surface area contributed by atoms with Gasteiger partial charge in [0.2, 0.25) is 0 Å². The minimum absolute atomic E-state index is 0. The van der Waals surface area contributed by atoms with Crippen LogP contribution in [0.5, 0.6) is 0 Å². The second kappa shape index (κ2) is 2.55. The van der Waals surface area contributed by atoms with Crippen LogP contribution in [0.2, 0.25) is 0 Å². The molecule has 0 aliphatic heterocycles. The van der Waals surface area contributed by atoms with E-state index in [0.717, 1.165) is 0 Å². The van der Waals surface area contributed by atoms with Gasteiger partial charge in [-0.3, -0.25) is 0 Å². The fraction of sp³-hybridized carbons (Fsp3) is 0. The van der Waals surface area contributed by atoms with E-state index in [1.807, 2.05) is 0 Å². The highest BCUT2D eigenvalue weighted by molar-refractivity contribution is 7.40. The summed E-state index contributed by atoms with van der Waals surface area (Å²) in [5, 5.41) is 0. The smallest absolute Gasteiger partial charge is 0.159 e. The lowest BCUT2D eigenvalue weighted by Crippen LogP contribution is -3.00. The highest BCUT2D eigenvalue weighted by atomic mass is 35.5. The molecule has 0 saturated carbocycles. The first-order valence-corrected chi connectivity index (χ1v) is 2.19. The molecule has 0 unspecified atom stereocenters. The van der Waals surface area contributed by atoms with E-state index in [9.17, 15) is 0 Å². The Morgan fingerprint density at radius 1 is 1.17 bits per heavy atom. The van der Waals surface area contributed by atoms with Gasteiger partial charge in [0, 0.05) is 0 Å². The van der Waals surface area contributed by atoms with Crippen LogP contribution in [0.3, 0.4) is 0 Å². The van der Waals surface area contributed by atoms with Crippen LogP contribution in [-0.2, 0) is 4.57 Å². The number of phosphoric acid groups is 1. The maximum atomic E-state index is 8.55. The molecule has 0 amide bonds. The van der Waals surface area contributed by atoms with Crippen LogP contribution in [0.1, 0.15) is 0 Å². The molecule has 0 saturated heterocycles. The number of rotatable bonds is 0. The lowest BCUT2D eigenvalue weighted by Gasteiger charge is -2.36. The van der Waals surface area contributed by atoms with Crippen molar-refractivity contribution in [3.05, 3.63) is 0 Å². The Morgan fingerprint density at radius 2 is 1.17 bits per heavy atom. The zero-order valence-corrected chi connectivity index (χ0v) is 4.11. The molecule has 0 aromatic heterocycles. The van der Waals surface area contributed by atoms with Gasteiger partial charge in [-0.25, -0.2) is 0 Å². The largest absolute Gasteiger partial charge is 1.00 e. The third-order valence-electron chi connectivity index (χ3n) is 0. The molecule has 0 aliphatic carbocycles. The van der Waals surface area contributed by atoms with E-state index in [-0.39, 0.29) is 12.4 Å². The number of hydrogen-bond donors (Lipinski definition) is 0. The summed E-state index contributed by atoms with van der Waals surface area (Å²) in [6.07, 6.45) is 0. The fourth-order valence-electron chi connectivity index (χ4n) is 0. The van der Waals surface area contributed by atoms with Crippen molar-refractivity contribution >= 4 is 7.82 Å². The predicted molar refractivity (Wildman–Crippen MR) is 7.61 cm³/mol. The minimum Gasteiger partial charge on any atom is -1.00 e. The highest BCUT2D eigenvalue weighted by Gasteiger charge is 1.44. The molecule has 0 aliphatic rings. The molecule has 40 valence electrons. The van der Waals surface area contributed by atoms with E-state index in [1.54, 1.807) is 0 Å². The summed E-state index contributed by atoms with van der Waals surface area (Å²) in [6, 6.07) is 0. The molecule has 6 heteroatoms. The van der Waals surface area contributed by atoms with Gasteiger partial charge in [0.05, 0.1) is 0 Å². The van der Waals surface area contributed by atoms with Crippen LogP contribution < -0.4 is 27.1 Å². The zero-order valence-electron chi connectivity index (χ0n) is 2.46. The molecule has 0 fully saturated rings. The Balaban J connectivity index is 0. The van der Waals surface area contributed by atoms with Gasteiger partial charge in [0.15, 0.2) is 0 Å². The van der Waals surface area contributed by atoms with E-state index in [2.05, 4.69) is 0 Å². The fourth-order valence-corrected chi connectivity index (χ4v) is 0. The summed E-state index contributed by atoms with van der Waals surface area (Å²) in [6.45, 7) is 0. The van der Waals surface area contributed by atoms with Crippen molar-refractivity contribution in [3.8, 4) is 0 Å². The van der Waals surface area contributed by atoms with E-state index in [1.165, 1.54) is 0 Å². The van der Waals surface area contributed by atoms with Crippen LogP contribution in [0.25, 0.3) is 0 Å². The zero-order chi connectivity index (χ0) is 4.50. The Labute approximate surface area is 40.5 Å². The molecular formula is ClO4P-4. The monoisotopic (exact) mass is 130 g/mol. The lowest BCUT2D eigenvalue weighted by molar-refractivity contribution is -0.432. The molecule has 0 aromatic carbocycles. The summed E-state index contributed by atoms with van der Waals surface area (Å²) < 4.78 is 8.55. The summed E-state index contributed by atoms with van der Waals surface area (Å²) in [5.41, 5.74) is 0.